The van der Waals surface area contributed by atoms with E-state index in [1.165, 1.54) is 0 Å². The quantitative estimate of drug-likeness (QED) is 0.798. The van der Waals surface area contributed by atoms with Crippen LogP contribution in [-0.2, 0) is 4.79 Å². The lowest BCUT2D eigenvalue weighted by molar-refractivity contribution is -0.131. The summed E-state index contributed by atoms with van der Waals surface area (Å²) in [5.41, 5.74) is 0.985. The number of hydrogen-bond donors (Lipinski definition) is 0. The lowest BCUT2D eigenvalue weighted by atomic mass is 10.2. The largest absolute Gasteiger partial charge is 0.326 e. The maximum Gasteiger partial charge on any atom is 0.223 e. The molecule has 1 aromatic rings. The van der Waals surface area contributed by atoms with Crippen LogP contribution in [-0.4, -0.2) is 23.1 Å². The molecule has 1 atom stereocenters. The number of thioether (sulfide) groups is 1. The maximum absolute atomic E-state index is 12.2. The van der Waals surface area contributed by atoms with E-state index < -0.39 is 0 Å². The van der Waals surface area contributed by atoms with E-state index in [0.717, 1.165) is 30.7 Å². The van der Waals surface area contributed by atoms with Crippen LogP contribution in [0.5, 0.6) is 0 Å². The zero-order valence-corrected chi connectivity index (χ0v) is 13.2. The number of rotatable bonds is 4. The molecule has 0 saturated carbocycles. The van der Waals surface area contributed by atoms with E-state index in [1.807, 2.05) is 17.0 Å². The number of amides is 1. The molecule has 1 aliphatic rings. The fourth-order valence-corrected chi connectivity index (χ4v) is 4.05. The van der Waals surface area contributed by atoms with Gasteiger partial charge in [-0.1, -0.05) is 42.6 Å². The Morgan fingerprint density at radius 1 is 1.47 bits per heavy atom. The van der Waals surface area contributed by atoms with Crippen LogP contribution in [0.1, 0.15) is 37.1 Å². The maximum atomic E-state index is 12.2. The van der Waals surface area contributed by atoms with E-state index in [1.54, 1.807) is 17.8 Å². The molecule has 1 heterocycles. The van der Waals surface area contributed by atoms with Crippen molar-refractivity contribution >= 4 is 40.9 Å². The Bertz CT molecular complexity index is 467. The highest BCUT2D eigenvalue weighted by atomic mass is 35.5. The lowest BCUT2D eigenvalue weighted by Crippen LogP contribution is -2.30. The molecule has 19 heavy (non-hydrogen) atoms. The van der Waals surface area contributed by atoms with Gasteiger partial charge in [-0.2, -0.15) is 0 Å². The Labute approximate surface area is 128 Å². The second-order valence-corrected chi connectivity index (χ2v) is 6.61. The first-order valence-electron chi connectivity index (χ1n) is 6.49. The van der Waals surface area contributed by atoms with Crippen molar-refractivity contribution in [2.75, 3.05) is 12.3 Å². The predicted molar refractivity (Wildman–Crippen MR) is 82.9 cm³/mol. The van der Waals surface area contributed by atoms with Crippen LogP contribution < -0.4 is 0 Å². The molecule has 0 unspecified atom stereocenters. The van der Waals surface area contributed by atoms with Crippen molar-refractivity contribution in [3.63, 3.8) is 0 Å². The number of nitrogens with zero attached hydrogens (tertiary/aromatic N) is 1. The summed E-state index contributed by atoms with van der Waals surface area (Å²) in [6, 6.07) is 5.50. The molecule has 0 radical (unpaired) electrons. The van der Waals surface area contributed by atoms with Crippen molar-refractivity contribution in [3.05, 3.63) is 33.8 Å². The van der Waals surface area contributed by atoms with Crippen LogP contribution in [0.2, 0.25) is 10.0 Å². The number of carbonyl (C=O) groups excluding carboxylic acids is 1. The Balaban J connectivity index is 2.16. The van der Waals surface area contributed by atoms with Crippen LogP contribution in [0, 0.1) is 0 Å². The second kappa shape index (κ2) is 6.87. The SMILES string of the molecule is CCCCC(=O)N1CCS[C@H]1c1ccc(Cl)cc1Cl. The molecule has 0 N–H and O–H groups in total. The third kappa shape index (κ3) is 3.59. The van der Waals surface area contributed by atoms with Gasteiger partial charge in [-0.05, 0) is 18.6 Å². The minimum atomic E-state index is 0.0362. The van der Waals surface area contributed by atoms with Crippen molar-refractivity contribution in [1.29, 1.82) is 0 Å². The van der Waals surface area contributed by atoms with Crippen molar-refractivity contribution in [2.45, 2.75) is 31.6 Å². The first kappa shape index (κ1) is 15.0. The standard InChI is InChI=1S/C14H17Cl2NOS/c1-2-3-4-13(18)17-7-8-19-14(17)11-6-5-10(15)9-12(11)16/h5-6,9,14H,2-4,7-8H2,1H3/t14-/m0/s1. The molecule has 1 aromatic carbocycles. The molecule has 1 fully saturated rings. The van der Waals surface area contributed by atoms with Crippen LogP contribution in [0.25, 0.3) is 0 Å². The van der Waals surface area contributed by atoms with Crippen LogP contribution >= 0.6 is 35.0 Å². The fourth-order valence-electron chi connectivity index (χ4n) is 2.16. The van der Waals surface area contributed by atoms with Gasteiger partial charge >= 0.3 is 0 Å². The minimum Gasteiger partial charge on any atom is -0.326 e. The zero-order chi connectivity index (χ0) is 13.8. The summed E-state index contributed by atoms with van der Waals surface area (Å²) in [6.45, 7) is 2.90. The Kier molecular flexibility index (Phi) is 5.43. The van der Waals surface area contributed by atoms with Crippen LogP contribution in [0.3, 0.4) is 0 Å². The smallest absolute Gasteiger partial charge is 0.223 e. The highest BCUT2D eigenvalue weighted by Gasteiger charge is 2.31. The number of carbonyl (C=O) groups is 1. The summed E-state index contributed by atoms with van der Waals surface area (Å²) in [5.74, 6) is 1.18. The van der Waals surface area contributed by atoms with Gasteiger partial charge in [0, 0.05) is 34.3 Å². The number of benzene rings is 1. The van der Waals surface area contributed by atoms with E-state index >= 15 is 0 Å². The molecule has 2 rings (SSSR count). The molecule has 0 spiro atoms. The van der Waals surface area contributed by atoms with Gasteiger partial charge in [0.05, 0.1) is 0 Å². The number of unbranched alkanes of at least 4 members (excludes halogenated alkanes) is 1. The third-order valence-electron chi connectivity index (χ3n) is 3.18. The van der Waals surface area contributed by atoms with Crippen molar-refractivity contribution in [3.8, 4) is 0 Å². The second-order valence-electron chi connectivity index (χ2n) is 4.58. The predicted octanol–water partition coefficient (Wildman–Crippen LogP) is 4.76. The van der Waals surface area contributed by atoms with Gasteiger partial charge in [0.1, 0.15) is 5.37 Å². The summed E-state index contributed by atoms with van der Waals surface area (Å²) in [6.07, 6.45) is 2.61. The molecule has 1 amide bonds. The summed E-state index contributed by atoms with van der Waals surface area (Å²) in [5, 5.41) is 1.30. The molecular formula is C14H17Cl2NOS. The lowest BCUT2D eigenvalue weighted by Gasteiger charge is -2.25. The van der Waals surface area contributed by atoms with Gasteiger partial charge in [-0.3, -0.25) is 4.79 Å². The Morgan fingerprint density at radius 3 is 2.95 bits per heavy atom. The molecular weight excluding hydrogens is 301 g/mol. The highest BCUT2D eigenvalue weighted by Crippen LogP contribution is 2.41. The topological polar surface area (TPSA) is 20.3 Å². The van der Waals surface area contributed by atoms with Gasteiger partial charge in [-0.15, -0.1) is 11.8 Å². The van der Waals surface area contributed by atoms with Crippen molar-refractivity contribution in [2.24, 2.45) is 0 Å². The number of halogens is 2. The summed E-state index contributed by atoms with van der Waals surface area (Å²) < 4.78 is 0. The minimum absolute atomic E-state index is 0.0362. The van der Waals surface area contributed by atoms with E-state index in [4.69, 9.17) is 23.2 Å². The first-order chi connectivity index (χ1) is 9.13. The summed E-state index contributed by atoms with van der Waals surface area (Å²) >= 11 is 13.9. The van der Waals surface area contributed by atoms with E-state index in [2.05, 4.69) is 6.92 Å². The van der Waals surface area contributed by atoms with Crippen molar-refractivity contribution in [1.82, 2.24) is 4.90 Å². The van der Waals surface area contributed by atoms with Gasteiger partial charge < -0.3 is 4.90 Å². The molecule has 5 heteroatoms. The monoisotopic (exact) mass is 317 g/mol. The molecule has 1 saturated heterocycles. The number of hydrogen-bond acceptors (Lipinski definition) is 2. The van der Waals surface area contributed by atoms with Crippen LogP contribution in [0.15, 0.2) is 18.2 Å². The van der Waals surface area contributed by atoms with Gasteiger partial charge in [-0.25, -0.2) is 0 Å². The van der Waals surface area contributed by atoms with Gasteiger partial charge in [0.25, 0.3) is 0 Å². The third-order valence-corrected chi connectivity index (χ3v) is 4.99. The average molecular weight is 318 g/mol. The van der Waals surface area contributed by atoms with Crippen molar-refractivity contribution < 1.29 is 4.79 Å². The molecule has 104 valence electrons. The molecule has 2 nitrogen and oxygen atoms in total. The molecule has 1 aliphatic heterocycles. The zero-order valence-electron chi connectivity index (χ0n) is 10.9. The van der Waals surface area contributed by atoms with Crippen LogP contribution in [0.4, 0.5) is 0 Å². The molecule has 0 aromatic heterocycles. The normalized spacial score (nSPS) is 18.9. The molecule has 0 bridgehead atoms. The first-order valence-corrected chi connectivity index (χ1v) is 8.30. The van der Waals surface area contributed by atoms with Gasteiger partial charge in [0.15, 0.2) is 0 Å². The van der Waals surface area contributed by atoms with E-state index in [0.29, 0.717) is 16.5 Å². The molecule has 0 aliphatic carbocycles. The Hall–Kier alpha value is -0.380. The van der Waals surface area contributed by atoms with E-state index in [-0.39, 0.29) is 11.3 Å². The summed E-state index contributed by atoms with van der Waals surface area (Å²) in [7, 11) is 0. The Morgan fingerprint density at radius 2 is 2.26 bits per heavy atom. The average Bonchev–Trinajstić information content (AvgIpc) is 2.85. The fraction of sp³-hybridized carbons (Fsp3) is 0.500. The highest BCUT2D eigenvalue weighted by molar-refractivity contribution is 7.99. The van der Waals surface area contributed by atoms with Gasteiger partial charge in [0.2, 0.25) is 5.91 Å². The summed E-state index contributed by atoms with van der Waals surface area (Å²) in [4.78, 5) is 14.1. The van der Waals surface area contributed by atoms with E-state index in [9.17, 15) is 4.79 Å².